The summed E-state index contributed by atoms with van der Waals surface area (Å²) in [6.45, 7) is 15.9. The van der Waals surface area contributed by atoms with Crippen LogP contribution in [0.2, 0.25) is 0 Å². The van der Waals surface area contributed by atoms with Gasteiger partial charge in [-0.25, -0.2) is 0 Å². The third-order valence-corrected chi connectivity index (χ3v) is 13.9. The van der Waals surface area contributed by atoms with Gasteiger partial charge in [-0.1, -0.05) is 20.8 Å². The number of rotatable bonds is 4. The van der Waals surface area contributed by atoms with Crippen LogP contribution in [0.5, 0.6) is 0 Å². The highest BCUT2D eigenvalue weighted by Crippen LogP contribution is 2.68. The largest absolute Gasteiger partial charge is 0.393 e. The first-order valence-corrected chi connectivity index (χ1v) is 17.6. The van der Waals surface area contributed by atoms with E-state index in [-0.39, 0.29) is 17.6 Å². The van der Waals surface area contributed by atoms with E-state index in [1.165, 1.54) is 51.9 Å². The fraction of sp³-hybridized carbons (Fsp3) is 0.971. The van der Waals surface area contributed by atoms with Gasteiger partial charge in [-0.3, -0.25) is 4.79 Å². The van der Waals surface area contributed by atoms with Gasteiger partial charge < -0.3 is 29.8 Å². The van der Waals surface area contributed by atoms with Gasteiger partial charge in [0.15, 0.2) is 0 Å². The molecule has 4 saturated carbocycles. The van der Waals surface area contributed by atoms with Crippen molar-refractivity contribution in [3.63, 3.8) is 0 Å². The maximum atomic E-state index is 12.9. The highest BCUT2D eigenvalue weighted by molar-refractivity contribution is 5.76. The van der Waals surface area contributed by atoms with Crippen LogP contribution in [0.4, 0.5) is 0 Å². The molecule has 242 valence electrons. The van der Waals surface area contributed by atoms with Gasteiger partial charge in [0, 0.05) is 58.8 Å². The Morgan fingerprint density at radius 3 is 2.00 bits per heavy atom. The molecule has 7 heteroatoms. The zero-order chi connectivity index (χ0) is 30.2. The Morgan fingerprint density at radius 2 is 1.38 bits per heavy atom. The van der Waals surface area contributed by atoms with Crippen molar-refractivity contribution in [3.05, 3.63) is 0 Å². The van der Waals surface area contributed by atoms with Gasteiger partial charge in [-0.05, 0) is 125 Å². The molecule has 1 amide bonds. The van der Waals surface area contributed by atoms with Gasteiger partial charge in [0.05, 0.1) is 12.2 Å². The van der Waals surface area contributed by atoms with E-state index in [9.17, 15) is 15.0 Å². The van der Waals surface area contributed by atoms with Gasteiger partial charge in [-0.15, -0.1) is 0 Å². The number of nitrogens with zero attached hydrogens (tertiary/aromatic N) is 4. The van der Waals surface area contributed by atoms with Crippen molar-refractivity contribution in [3.8, 4) is 0 Å². The van der Waals surface area contributed by atoms with Crippen molar-refractivity contribution in [1.82, 2.24) is 19.6 Å². The third-order valence-electron chi connectivity index (χ3n) is 13.9. The maximum Gasteiger partial charge on any atom is 0.222 e. The number of piperazine rings is 2. The molecule has 6 fully saturated rings. The molecule has 0 aromatic heterocycles. The summed E-state index contributed by atoms with van der Waals surface area (Å²) in [5.41, 5.74) is 0.290. The van der Waals surface area contributed by atoms with Crippen molar-refractivity contribution in [2.75, 3.05) is 73.5 Å². The summed E-state index contributed by atoms with van der Waals surface area (Å²) in [5, 5.41) is 22.0. The Kier molecular flexibility index (Phi) is 10.4. The van der Waals surface area contributed by atoms with Crippen molar-refractivity contribution in [2.45, 2.75) is 97.2 Å². The Balaban J connectivity index is 0.000000382. The van der Waals surface area contributed by atoms with E-state index < -0.39 is 0 Å². The molecule has 0 bridgehead atoms. The van der Waals surface area contributed by atoms with Crippen LogP contribution in [0, 0.1) is 46.3 Å². The molecule has 0 aromatic rings. The number of amides is 1. The number of aliphatic hydroxyl groups excluding tert-OH is 2. The predicted molar refractivity (Wildman–Crippen MR) is 170 cm³/mol. The normalized spacial score (nSPS) is 43.9. The number of aliphatic hydroxyl groups is 2. The molecule has 2 aliphatic heterocycles. The number of hydrogen-bond acceptors (Lipinski definition) is 6. The van der Waals surface area contributed by atoms with Gasteiger partial charge >= 0.3 is 0 Å². The van der Waals surface area contributed by atoms with Crippen molar-refractivity contribution < 1.29 is 15.0 Å². The number of carbonyl (C=O) groups is 1. The van der Waals surface area contributed by atoms with Crippen LogP contribution in [0.3, 0.4) is 0 Å². The first kappa shape index (κ1) is 32.7. The van der Waals surface area contributed by atoms with Crippen LogP contribution in [0.25, 0.3) is 0 Å². The summed E-state index contributed by atoms with van der Waals surface area (Å²) >= 11 is 0. The second kappa shape index (κ2) is 13.3. The third kappa shape index (κ3) is 6.47. The molecule has 2 N–H and O–H groups in total. The molecule has 6 rings (SSSR count). The minimum absolute atomic E-state index is 0.00511. The van der Waals surface area contributed by atoms with Crippen LogP contribution in [0.1, 0.15) is 85.0 Å². The van der Waals surface area contributed by atoms with Crippen LogP contribution < -0.4 is 0 Å². The maximum absolute atomic E-state index is 12.9. The van der Waals surface area contributed by atoms with E-state index in [2.05, 4.69) is 61.5 Å². The SMILES string of the molecule is CC(CCC(=O)N1CCN(C)CC1)C1CCC2C3CCC4CC(O)CCC4(C)C3CC(O)C12C.CN1CCN(C)CC1. The van der Waals surface area contributed by atoms with E-state index in [0.717, 1.165) is 64.2 Å². The lowest BCUT2D eigenvalue weighted by molar-refractivity contribution is -0.175. The lowest BCUT2D eigenvalue weighted by atomic mass is 9.43. The monoisotopic (exact) mass is 588 g/mol. The number of fused-ring (bicyclic) bond motifs is 5. The van der Waals surface area contributed by atoms with Crippen LogP contribution in [0.15, 0.2) is 0 Å². The minimum Gasteiger partial charge on any atom is -0.393 e. The van der Waals surface area contributed by atoms with Crippen molar-refractivity contribution in [1.29, 1.82) is 0 Å². The predicted octanol–water partition coefficient (Wildman–Crippen LogP) is 4.03. The first-order chi connectivity index (χ1) is 19.9. The Labute approximate surface area is 257 Å². The first-order valence-electron chi connectivity index (χ1n) is 17.6. The second-order valence-electron chi connectivity index (χ2n) is 16.2. The number of carbonyl (C=O) groups excluding carboxylic acids is 1. The average Bonchev–Trinajstić information content (AvgIpc) is 3.33. The summed E-state index contributed by atoms with van der Waals surface area (Å²) in [4.78, 5) is 22.0. The average molecular weight is 589 g/mol. The Hall–Kier alpha value is -0.730. The topological polar surface area (TPSA) is 70.5 Å². The van der Waals surface area contributed by atoms with E-state index in [4.69, 9.17) is 0 Å². The highest BCUT2D eigenvalue weighted by atomic mass is 16.3. The Morgan fingerprint density at radius 1 is 0.786 bits per heavy atom. The minimum atomic E-state index is -0.232. The summed E-state index contributed by atoms with van der Waals surface area (Å²) < 4.78 is 0. The fourth-order valence-corrected chi connectivity index (χ4v) is 10.8. The summed E-state index contributed by atoms with van der Waals surface area (Å²) in [6, 6.07) is 0. The molecule has 6 aliphatic rings. The molecule has 2 heterocycles. The van der Waals surface area contributed by atoms with Crippen LogP contribution in [-0.4, -0.2) is 121 Å². The molecular formula is C35H64N4O3. The zero-order valence-electron chi connectivity index (χ0n) is 27.9. The van der Waals surface area contributed by atoms with Crippen LogP contribution in [-0.2, 0) is 4.79 Å². The lowest BCUT2D eigenvalue weighted by Crippen LogP contribution is -2.58. The van der Waals surface area contributed by atoms with E-state index in [1.54, 1.807) is 0 Å². The van der Waals surface area contributed by atoms with E-state index in [1.807, 2.05) is 0 Å². The number of hydrogen-bond donors (Lipinski definition) is 2. The number of likely N-dealkylation sites (N-methyl/N-ethyl adjacent to an activating group) is 3. The molecule has 7 nitrogen and oxygen atoms in total. The van der Waals surface area contributed by atoms with E-state index >= 15 is 0 Å². The van der Waals surface area contributed by atoms with Gasteiger partial charge in [-0.2, -0.15) is 0 Å². The molecule has 2 saturated heterocycles. The molecule has 10 atom stereocenters. The fourth-order valence-electron chi connectivity index (χ4n) is 10.8. The smallest absolute Gasteiger partial charge is 0.222 e. The highest BCUT2D eigenvalue weighted by Gasteiger charge is 2.63. The molecule has 10 unspecified atom stereocenters. The Bertz CT molecular complexity index is 893. The van der Waals surface area contributed by atoms with Gasteiger partial charge in [0.1, 0.15) is 0 Å². The van der Waals surface area contributed by atoms with E-state index in [0.29, 0.717) is 47.3 Å². The summed E-state index contributed by atoms with van der Waals surface area (Å²) in [5.74, 6) is 3.92. The lowest BCUT2D eigenvalue weighted by Gasteiger charge is -2.62. The van der Waals surface area contributed by atoms with Gasteiger partial charge in [0.2, 0.25) is 5.91 Å². The molecule has 42 heavy (non-hydrogen) atoms. The summed E-state index contributed by atoms with van der Waals surface area (Å²) in [7, 11) is 6.48. The van der Waals surface area contributed by atoms with Crippen molar-refractivity contribution >= 4 is 5.91 Å². The molecule has 0 aromatic carbocycles. The molecular weight excluding hydrogens is 524 g/mol. The van der Waals surface area contributed by atoms with Gasteiger partial charge in [0.25, 0.3) is 0 Å². The second-order valence-corrected chi connectivity index (χ2v) is 16.2. The zero-order valence-corrected chi connectivity index (χ0v) is 27.9. The molecule has 0 radical (unpaired) electrons. The van der Waals surface area contributed by atoms with Crippen molar-refractivity contribution in [2.24, 2.45) is 46.3 Å². The quantitative estimate of drug-likeness (QED) is 0.517. The molecule has 0 spiro atoms. The summed E-state index contributed by atoms with van der Waals surface area (Å²) in [6.07, 6.45) is 10.3. The van der Waals surface area contributed by atoms with Crippen LogP contribution >= 0.6 is 0 Å². The molecule has 4 aliphatic carbocycles. The standard InChI is InChI=1S/C29H50N2O3.C6H14N2/c1-19(5-10-27(34)31-15-13-30(4)14-16-31)23-8-9-24-22-7-6-20-17-21(32)11-12-28(20,2)25(22)18-26(33)29(23,24)3;1-7-3-5-8(2)6-4-7/h19-26,32-33H,5-18H2,1-4H3;3-6H2,1-2H3.